The second-order valence-corrected chi connectivity index (χ2v) is 9.67. The highest BCUT2D eigenvalue weighted by molar-refractivity contribution is 6.19. The summed E-state index contributed by atoms with van der Waals surface area (Å²) in [6.45, 7) is 15.5. The fourth-order valence-electron chi connectivity index (χ4n) is 3.35. The van der Waals surface area contributed by atoms with E-state index in [4.69, 9.17) is 11.6 Å². The molecule has 0 heterocycles. The largest absolute Gasteiger partial charge is 0.122 e. The molecule has 0 unspecified atom stereocenters. The first-order valence-corrected chi connectivity index (χ1v) is 12.8. The number of halogens is 1. The van der Waals surface area contributed by atoms with Gasteiger partial charge in [0.15, 0.2) is 0 Å². The number of alkyl halides is 1. The van der Waals surface area contributed by atoms with Crippen LogP contribution in [0.3, 0.4) is 0 Å². The summed E-state index contributed by atoms with van der Waals surface area (Å²) in [7, 11) is 0. The van der Waals surface area contributed by atoms with Gasteiger partial charge in [-0.2, -0.15) is 0 Å². The van der Waals surface area contributed by atoms with E-state index in [0.717, 1.165) is 32.1 Å². The van der Waals surface area contributed by atoms with E-state index in [1.807, 2.05) is 0 Å². The Morgan fingerprint density at radius 2 is 0.710 bits per heavy atom. The Kier molecular flexibility index (Phi) is 18.6. The highest BCUT2D eigenvalue weighted by Gasteiger charge is 1.94. The maximum atomic E-state index is 5.82. The smallest absolute Gasteiger partial charge is 0.0430 e. The van der Waals surface area contributed by atoms with E-state index in [1.165, 1.54) is 65.5 Å². The fourth-order valence-corrected chi connectivity index (χ4v) is 3.46. The average molecular weight is 445 g/mol. The van der Waals surface area contributed by atoms with Crippen molar-refractivity contribution in [1.29, 1.82) is 0 Å². The van der Waals surface area contributed by atoms with Crippen molar-refractivity contribution >= 4 is 11.6 Å². The minimum atomic E-state index is 0.648. The average Bonchev–Trinajstić information content (AvgIpc) is 2.70. The predicted octanol–water partition coefficient (Wildman–Crippen LogP) is 10.8. The van der Waals surface area contributed by atoms with E-state index in [9.17, 15) is 0 Å². The highest BCUT2D eigenvalue weighted by Crippen LogP contribution is 2.14. The van der Waals surface area contributed by atoms with Gasteiger partial charge in [0, 0.05) is 5.88 Å². The predicted molar refractivity (Wildman–Crippen MR) is 145 cm³/mol. The molecule has 0 aromatic carbocycles. The molecule has 0 N–H and O–H groups in total. The van der Waals surface area contributed by atoms with E-state index in [0.29, 0.717) is 5.88 Å². The molecule has 0 aliphatic carbocycles. The van der Waals surface area contributed by atoms with Crippen LogP contribution in [0.4, 0.5) is 0 Å². The number of hydrogen-bond acceptors (Lipinski definition) is 0. The number of unbranched alkanes of at least 4 members (excludes halogenated alkanes) is 1. The van der Waals surface area contributed by atoms with Gasteiger partial charge in [-0.1, -0.05) is 69.9 Å². The lowest BCUT2D eigenvalue weighted by atomic mass is 10.0. The molecule has 0 aromatic heterocycles. The topological polar surface area (TPSA) is 0 Å². The van der Waals surface area contributed by atoms with Crippen molar-refractivity contribution in [2.24, 2.45) is 0 Å². The van der Waals surface area contributed by atoms with Gasteiger partial charge in [-0.05, 0) is 113 Å². The van der Waals surface area contributed by atoms with E-state index in [2.05, 4.69) is 84.9 Å². The molecule has 0 aliphatic rings. The highest BCUT2D eigenvalue weighted by atomic mass is 35.5. The summed E-state index contributed by atoms with van der Waals surface area (Å²) >= 11 is 5.82. The van der Waals surface area contributed by atoms with Crippen LogP contribution < -0.4 is 0 Å². The quantitative estimate of drug-likeness (QED) is 0.126. The maximum absolute atomic E-state index is 5.82. The molecule has 31 heavy (non-hydrogen) atoms. The standard InChI is InChI=1S/C30H49Cl/c1-25(2)14-10-17-28(5)20-11-18-26(3)15-8-9-16-27(4)19-12-21-29(6)22-13-23-30(7)24-31/h14-16,20-21,23H,8-13,17-19,22,24H2,1-7H3/b26-15+,27-16+,28-20+,29-21-,30-23+. The Bertz CT molecular complexity index is 661. The lowest BCUT2D eigenvalue weighted by Gasteiger charge is -2.03. The first-order valence-electron chi connectivity index (χ1n) is 12.2. The van der Waals surface area contributed by atoms with Crippen molar-refractivity contribution in [3.63, 3.8) is 0 Å². The molecule has 0 radical (unpaired) electrons. The van der Waals surface area contributed by atoms with Crippen molar-refractivity contribution in [3.05, 3.63) is 69.9 Å². The molecule has 0 nitrogen and oxygen atoms in total. The Labute approximate surface area is 199 Å². The summed E-state index contributed by atoms with van der Waals surface area (Å²) in [5.41, 5.74) is 8.75. The molecule has 0 spiro atoms. The summed E-state index contributed by atoms with van der Waals surface area (Å²) in [6, 6.07) is 0. The lowest BCUT2D eigenvalue weighted by molar-refractivity contribution is 0.896. The summed E-state index contributed by atoms with van der Waals surface area (Å²) in [6.07, 6.45) is 25.9. The maximum Gasteiger partial charge on any atom is 0.0430 e. The van der Waals surface area contributed by atoms with Crippen LogP contribution in [-0.2, 0) is 0 Å². The third-order valence-corrected chi connectivity index (χ3v) is 5.97. The SMILES string of the molecule is CC(C)=CCC/C(C)=C/CC/C(C)=C/CC/C=C(\C)CC/C=C(/C)CC/C=C(\C)CCl. The summed E-state index contributed by atoms with van der Waals surface area (Å²) in [4.78, 5) is 0. The number of hydrogen-bond donors (Lipinski definition) is 0. The number of rotatable bonds is 16. The Morgan fingerprint density at radius 1 is 0.419 bits per heavy atom. The minimum absolute atomic E-state index is 0.648. The molecule has 0 amide bonds. The zero-order chi connectivity index (χ0) is 23.5. The normalized spacial score (nSPS) is 14.3. The van der Waals surface area contributed by atoms with Gasteiger partial charge in [0.05, 0.1) is 0 Å². The van der Waals surface area contributed by atoms with Crippen molar-refractivity contribution in [2.45, 2.75) is 113 Å². The van der Waals surface area contributed by atoms with Gasteiger partial charge in [0.1, 0.15) is 0 Å². The molecular formula is C30H49Cl. The van der Waals surface area contributed by atoms with Crippen LogP contribution in [0.1, 0.15) is 113 Å². The van der Waals surface area contributed by atoms with E-state index in [1.54, 1.807) is 0 Å². The van der Waals surface area contributed by atoms with Crippen LogP contribution in [0.5, 0.6) is 0 Å². The van der Waals surface area contributed by atoms with Gasteiger partial charge in [-0.3, -0.25) is 0 Å². The second-order valence-electron chi connectivity index (χ2n) is 9.40. The number of allylic oxidation sites excluding steroid dienone is 12. The molecular weight excluding hydrogens is 396 g/mol. The third kappa shape index (κ3) is 20.4. The van der Waals surface area contributed by atoms with Crippen molar-refractivity contribution in [3.8, 4) is 0 Å². The molecule has 0 saturated heterocycles. The molecule has 176 valence electrons. The van der Waals surface area contributed by atoms with Crippen LogP contribution >= 0.6 is 11.6 Å². The molecule has 0 aliphatic heterocycles. The van der Waals surface area contributed by atoms with E-state index >= 15 is 0 Å². The monoisotopic (exact) mass is 444 g/mol. The van der Waals surface area contributed by atoms with Gasteiger partial charge in [0.2, 0.25) is 0 Å². The molecule has 0 bridgehead atoms. The van der Waals surface area contributed by atoms with E-state index < -0.39 is 0 Å². The van der Waals surface area contributed by atoms with E-state index in [-0.39, 0.29) is 0 Å². The van der Waals surface area contributed by atoms with Crippen LogP contribution in [0.25, 0.3) is 0 Å². The Balaban J connectivity index is 4.07. The molecule has 0 fully saturated rings. The first kappa shape index (κ1) is 29.7. The van der Waals surface area contributed by atoms with Crippen molar-refractivity contribution in [2.75, 3.05) is 5.88 Å². The van der Waals surface area contributed by atoms with Gasteiger partial charge < -0.3 is 0 Å². The van der Waals surface area contributed by atoms with Gasteiger partial charge in [-0.15, -0.1) is 11.6 Å². The Hall–Kier alpha value is -1.27. The van der Waals surface area contributed by atoms with Crippen LogP contribution in [0, 0.1) is 0 Å². The summed E-state index contributed by atoms with van der Waals surface area (Å²) in [5, 5.41) is 0. The van der Waals surface area contributed by atoms with Gasteiger partial charge in [0.25, 0.3) is 0 Å². The van der Waals surface area contributed by atoms with Crippen LogP contribution in [0.15, 0.2) is 69.9 Å². The molecule has 0 atom stereocenters. The molecule has 0 aromatic rings. The molecule has 0 rings (SSSR count). The van der Waals surface area contributed by atoms with Gasteiger partial charge in [-0.25, -0.2) is 0 Å². The molecule has 1 heteroatoms. The first-order chi connectivity index (χ1) is 14.7. The lowest BCUT2D eigenvalue weighted by Crippen LogP contribution is -1.83. The molecule has 0 saturated carbocycles. The van der Waals surface area contributed by atoms with Crippen LogP contribution in [-0.4, -0.2) is 5.88 Å². The van der Waals surface area contributed by atoms with Crippen molar-refractivity contribution < 1.29 is 0 Å². The Morgan fingerprint density at radius 3 is 1.03 bits per heavy atom. The fraction of sp³-hybridized carbons (Fsp3) is 0.600. The van der Waals surface area contributed by atoms with Crippen molar-refractivity contribution in [1.82, 2.24) is 0 Å². The van der Waals surface area contributed by atoms with Crippen LogP contribution in [0.2, 0.25) is 0 Å². The second kappa shape index (κ2) is 19.4. The zero-order valence-corrected chi connectivity index (χ0v) is 22.4. The minimum Gasteiger partial charge on any atom is -0.122 e. The third-order valence-electron chi connectivity index (χ3n) is 5.55. The zero-order valence-electron chi connectivity index (χ0n) is 21.6. The summed E-state index contributed by atoms with van der Waals surface area (Å²) < 4.78 is 0. The van der Waals surface area contributed by atoms with Gasteiger partial charge >= 0.3 is 0 Å². The summed E-state index contributed by atoms with van der Waals surface area (Å²) in [5.74, 6) is 0.648.